The summed E-state index contributed by atoms with van der Waals surface area (Å²) < 4.78 is 233. The first kappa shape index (κ1) is 36.9. The topological polar surface area (TPSA) is 0 Å². The van der Waals surface area contributed by atoms with Crippen LogP contribution in [-0.2, 0) is 53.5 Å². The molecule has 2 rings (SSSR count). The van der Waals surface area contributed by atoms with Crippen LogP contribution in [0, 0.1) is 0 Å². The van der Waals surface area contributed by atoms with Gasteiger partial charge in [-0.2, -0.15) is 79.0 Å². The Morgan fingerprint density at radius 1 is 0.282 bits per heavy atom. The fourth-order valence-corrected chi connectivity index (χ4v) is 3.31. The fourth-order valence-electron chi connectivity index (χ4n) is 3.31. The van der Waals surface area contributed by atoms with Gasteiger partial charge in [0.25, 0.3) is 0 Å². The minimum atomic E-state index is -7.24. The first-order valence-corrected chi connectivity index (χ1v) is 9.70. The molecular formula is C20H12F18Ni. The van der Waals surface area contributed by atoms with E-state index in [0.717, 1.165) is 0 Å². The maximum Gasteiger partial charge on any atom is 0.417 e. The van der Waals surface area contributed by atoms with Gasteiger partial charge in [-0.05, 0) is 25.7 Å². The molecule has 1 aliphatic carbocycles. The summed E-state index contributed by atoms with van der Waals surface area (Å²) in [5.74, 6) is 0. The molecule has 1 aromatic rings. The van der Waals surface area contributed by atoms with Crippen molar-refractivity contribution < 1.29 is 95.5 Å². The van der Waals surface area contributed by atoms with Gasteiger partial charge in [0.2, 0.25) is 0 Å². The van der Waals surface area contributed by atoms with E-state index < -0.39 is 70.4 Å². The van der Waals surface area contributed by atoms with Crippen molar-refractivity contribution in [2.75, 3.05) is 0 Å². The summed E-state index contributed by atoms with van der Waals surface area (Å²) >= 11 is 0. The zero-order chi connectivity index (χ0) is 30.1. The molecule has 0 amide bonds. The van der Waals surface area contributed by atoms with E-state index in [4.69, 9.17) is 0 Å². The average molecular weight is 653 g/mol. The van der Waals surface area contributed by atoms with E-state index in [1.54, 1.807) is 0 Å². The van der Waals surface area contributed by atoms with Gasteiger partial charge in [-0.3, -0.25) is 0 Å². The number of rotatable bonds is 0. The van der Waals surface area contributed by atoms with Crippen molar-refractivity contribution in [1.82, 2.24) is 0 Å². The summed E-state index contributed by atoms with van der Waals surface area (Å²) in [5.41, 5.74) is -27.6. The van der Waals surface area contributed by atoms with E-state index in [2.05, 4.69) is 24.3 Å². The second-order valence-corrected chi connectivity index (χ2v) is 7.33. The normalized spacial score (nSPS) is 16.5. The molecular weight excluding hydrogens is 641 g/mol. The Labute approximate surface area is 216 Å². The summed E-state index contributed by atoms with van der Waals surface area (Å²) in [6.45, 7) is 0. The van der Waals surface area contributed by atoms with Crippen LogP contribution in [0.3, 0.4) is 0 Å². The Kier molecular flexibility index (Phi) is 11.6. The SMILES string of the molecule is C1=CCC/C=C\CC1.FC(F)(F)c1c(C(F)(F)F)c(C(F)(F)F)c(C(F)(F)F)c(C(F)(F)F)c1C(F)(F)F.[Ni]. The number of hydrogen-bond donors (Lipinski definition) is 0. The third-order valence-corrected chi connectivity index (χ3v) is 4.53. The van der Waals surface area contributed by atoms with E-state index >= 15 is 0 Å². The Bertz CT molecular complexity index is 802. The van der Waals surface area contributed by atoms with Crippen LogP contribution in [0.15, 0.2) is 24.3 Å². The molecule has 0 heterocycles. The third kappa shape index (κ3) is 9.52. The van der Waals surface area contributed by atoms with Crippen molar-refractivity contribution in [3.05, 3.63) is 57.7 Å². The first-order chi connectivity index (χ1) is 16.7. The number of halogens is 18. The maximum atomic E-state index is 12.9. The smallest absolute Gasteiger partial charge is 0.166 e. The molecule has 0 aromatic heterocycles. The standard InChI is InChI=1S/C12F18.C8H12.Ni/c13-7(14,15)1-2(8(16,17)18)4(10(22,23)24)6(12(28,29)30)5(11(25,26)27)3(1)9(19,20)21;1-2-4-6-8-7-5-3-1;/h;1-2,7-8H,3-6H2;/b;2-1-,8-7?;. The van der Waals surface area contributed by atoms with E-state index in [0.29, 0.717) is 0 Å². The monoisotopic (exact) mass is 652 g/mol. The zero-order valence-electron chi connectivity index (χ0n) is 18.3. The molecule has 0 radical (unpaired) electrons. The molecule has 1 aliphatic rings. The third-order valence-electron chi connectivity index (χ3n) is 4.53. The van der Waals surface area contributed by atoms with Crippen molar-refractivity contribution in [1.29, 1.82) is 0 Å². The van der Waals surface area contributed by atoms with Crippen molar-refractivity contribution in [2.24, 2.45) is 0 Å². The van der Waals surface area contributed by atoms with Gasteiger partial charge in [0.1, 0.15) is 0 Å². The van der Waals surface area contributed by atoms with Gasteiger partial charge >= 0.3 is 37.1 Å². The first-order valence-electron chi connectivity index (χ1n) is 9.70. The van der Waals surface area contributed by atoms with Crippen LogP contribution in [0.5, 0.6) is 0 Å². The Morgan fingerprint density at radius 3 is 0.462 bits per heavy atom. The van der Waals surface area contributed by atoms with E-state index in [1.165, 1.54) is 25.7 Å². The molecule has 0 nitrogen and oxygen atoms in total. The van der Waals surface area contributed by atoms with E-state index in [1.807, 2.05) is 0 Å². The molecule has 0 atom stereocenters. The largest absolute Gasteiger partial charge is 0.417 e. The van der Waals surface area contributed by atoms with Crippen LogP contribution in [0.1, 0.15) is 59.1 Å². The van der Waals surface area contributed by atoms with Crippen LogP contribution in [0.25, 0.3) is 0 Å². The number of alkyl halides is 18. The molecule has 0 bridgehead atoms. The van der Waals surface area contributed by atoms with Crippen LogP contribution < -0.4 is 0 Å². The molecule has 39 heavy (non-hydrogen) atoms. The predicted octanol–water partition coefficient (Wildman–Crippen LogP) is 10.5. The van der Waals surface area contributed by atoms with Gasteiger partial charge < -0.3 is 0 Å². The van der Waals surface area contributed by atoms with Gasteiger partial charge in [0.15, 0.2) is 0 Å². The number of hydrogen-bond acceptors (Lipinski definition) is 0. The van der Waals surface area contributed by atoms with Crippen molar-refractivity contribution in [2.45, 2.75) is 62.7 Å². The molecule has 228 valence electrons. The van der Waals surface area contributed by atoms with Gasteiger partial charge in [-0.1, -0.05) is 24.3 Å². The molecule has 1 aromatic carbocycles. The second-order valence-electron chi connectivity index (χ2n) is 7.33. The number of allylic oxidation sites excluding steroid dienone is 4. The van der Waals surface area contributed by atoms with Crippen molar-refractivity contribution in [3.8, 4) is 0 Å². The summed E-state index contributed by atoms with van der Waals surface area (Å²) in [7, 11) is 0. The van der Waals surface area contributed by atoms with Gasteiger partial charge in [0.05, 0.1) is 33.4 Å². The Balaban J connectivity index is 0.00000136. The zero-order valence-corrected chi connectivity index (χ0v) is 19.2. The van der Waals surface area contributed by atoms with Gasteiger partial charge in [-0.15, -0.1) is 0 Å². The van der Waals surface area contributed by atoms with Crippen molar-refractivity contribution >= 4 is 0 Å². The van der Waals surface area contributed by atoms with Gasteiger partial charge in [0, 0.05) is 16.5 Å². The molecule has 0 N–H and O–H groups in total. The summed E-state index contributed by atoms with van der Waals surface area (Å²) in [6.07, 6.45) is -29.4. The Hall–Kier alpha value is -2.07. The van der Waals surface area contributed by atoms with Crippen LogP contribution >= 0.6 is 0 Å². The molecule has 0 spiro atoms. The fraction of sp³-hybridized carbons (Fsp3) is 0.500. The van der Waals surface area contributed by atoms with Gasteiger partial charge in [-0.25, -0.2) is 0 Å². The van der Waals surface area contributed by atoms with Crippen molar-refractivity contribution in [3.63, 3.8) is 0 Å². The summed E-state index contributed by atoms with van der Waals surface area (Å²) in [5, 5.41) is 0. The second kappa shape index (κ2) is 12.2. The molecule has 0 unspecified atom stereocenters. The average Bonchev–Trinajstić information content (AvgIpc) is 2.61. The minimum Gasteiger partial charge on any atom is -0.166 e. The molecule has 0 saturated heterocycles. The molecule has 0 saturated carbocycles. The quantitative estimate of drug-likeness (QED) is 0.149. The summed E-state index contributed by atoms with van der Waals surface area (Å²) in [6, 6.07) is 0. The summed E-state index contributed by atoms with van der Waals surface area (Å²) in [4.78, 5) is 0. The van der Waals surface area contributed by atoms with E-state index in [9.17, 15) is 79.0 Å². The Morgan fingerprint density at radius 2 is 0.385 bits per heavy atom. The minimum absolute atomic E-state index is 0. The maximum absolute atomic E-state index is 12.9. The van der Waals surface area contributed by atoms with Crippen LogP contribution in [0.2, 0.25) is 0 Å². The van der Waals surface area contributed by atoms with Crippen LogP contribution in [-0.4, -0.2) is 0 Å². The molecule has 0 fully saturated rings. The molecule has 0 aliphatic heterocycles. The van der Waals surface area contributed by atoms with E-state index in [-0.39, 0.29) is 16.5 Å². The predicted molar refractivity (Wildman–Crippen MR) is 93.2 cm³/mol. The molecule has 19 heteroatoms. The number of benzene rings is 1. The van der Waals surface area contributed by atoms with Crippen LogP contribution in [0.4, 0.5) is 79.0 Å².